The summed E-state index contributed by atoms with van der Waals surface area (Å²) in [6, 6.07) is 3.84. The van der Waals surface area contributed by atoms with E-state index in [1.807, 2.05) is 0 Å². The molecule has 0 N–H and O–H groups in total. The molecule has 0 radical (unpaired) electrons. The van der Waals surface area contributed by atoms with Crippen LogP contribution in [-0.2, 0) is 4.79 Å². The quantitative estimate of drug-likeness (QED) is 0.581. The molecule has 1 aromatic rings. The van der Waals surface area contributed by atoms with Crippen molar-refractivity contribution in [2.75, 3.05) is 0 Å². The lowest BCUT2D eigenvalue weighted by Crippen LogP contribution is -1.95. The fourth-order valence-corrected chi connectivity index (χ4v) is 1.52. The SMILES string of the molecule is O=C=C1CC=CC=C1N=Cc1cccc(F)c1F. The Hall–Kier alpha value is -2.32. The van der Waals surface area contributed by atoms with Crippen LogP contribution < -0.4 is 0 Å². The van der Waals surface area contributed by atoms with Crippen LogP contribution >= 0.6 is 0 Å². The van der Waals surface area contributed by atoms with Crippen molar-refractivity contribution in [3.05, 3.63) is 64.9 Å². The van der Waals surface area contributed by atoms with E-state index < -0.39 is 11.6 Å². The fourth-order valence-electron chi connectivity index (χ4n) is 1.52. The lowest BCUT2D eigenvalue weighted by Gasteiger charge is -2.04. The summed E-state index contributed by atoms with van der Waals surface area (Å²) in [5, 5.41) is 0. The lowest BCUT2D eigenvalue weighted by atomic mass is 10.1. The molecule has 90 valence electrons. The van der Waals surface area contributed by atoms with Gasteiger partial charge in [-0.15, -0.1) is 0 Å². The van der Waals surface area contributed by atoms with E-state index in [1.165, 1.54) is 18.3 Å². The van der Waals surface area contributed by atoms with Crippen LogP contribution in [0.4, 0.5) is 8.78 Å². The molecule has 2 nitrogen and oxygen atoms in total. The van der Waals surface area contributed by atoms with E-state index in [0.717, 1.165) is 6.07 Å². The number of nitrogens with zero attached hydrogens (tertiary/aromatic N) is 1. The van der Waals surface area contributed by atoms with Gasteiger partial charge in [0.25, 0.3) is 0 Å². The molecular weight excluding hydrogens is 236 g/mol. The van der Waals surface area contributed by atoms with Crippen molar-refractivity contribution in [2.24, 2.45) is 4.99 Å². The third-order valence-electron chi connectivity index (χ3n) is 2.47. The first-order valence-corrected chi connectivity index (χ1v) is 5.31. The number of rotatable bonds is 2. The summed E-state index contributed by atoms with van der Waals surface area (Å²) in [7, 11) is 0. The number of carbonyl (C=O) groups excluding carboxylic acids is 1. The van der Waals surface area contributed by atoms with Crippen molar-refractivity contribution in [2.45, 2.75) is 6.42 Å². The summed E-state index contributed by atoms with van der Waals surface area (Å²) in [4.78, 5) is 14.6. The number of halogens is 2. The second-order valence-corrected chi connectivity index (χ2v) is 3.67. The molecular formula is C14H9F2NO. The largest absolute Gasteiger partial charge is 0.255 e. The molecule has 0 aromatic heterocycles. The number of benzene rings is 1. The van der Waals surface area contributed by atoms with Gasteiger partial charge in [0.2, 0.25) is 0 Å². The van der Waals surface area contributed by atoms with Gasteiger partial charge in [-0.2, -0.15) is 0 Å². The molecule has 0 unspecified atom stereocenters. The van der Waals surface area contributed by atoms with Crippen LogP contribution in [0, 0.1) is 11.6 Å². The molecule has 0 aliphatic heterocycles. The molecule has 0 saturated carbocycles. The van der Waals surface area contributed by atoms with Gasteiger partial charge in [0.1, 0.15) is 5.94 Å². The van der Waals surface area contributed by atoms with Gasteiger partial charge in [0, 0.05) is 18.2 Å². The molecule has 2 rings (SSSR count). The predicted molar refractivity (Wildman–Crippen MR) is 65.0 cm³/mol. The fraction of sp³-hybridized carbons (Fsp3) is 0.0714. The van der Waals surface area contributed by atoms with E-state index in [0.29, 0.717) is 17.7 Å². The molecule has 0 heterocycles. The Morgan fingerprint density at radius 1 is 1.33 bits per heavy atom. The van der Waals surface area contributed by atoms with Gasteiger partial charge in [0.15, 0.2) is 11.6 Å². The summed E-state index contributed by atoms with van der Waals surface area (Å²) in [5.74, 6) is -0.100. The Morgan fingerprint density at radius 2 is 2.17 bits per heavy atom. The molecule has 0 atom stereocenters. The zero-order chi connectivity index (χ0) is 13.0. The third kappa shape index (κ3) is 2.50. The topological polar surface area (TPSA) is 29.4 Å². The second kappa shape index (κ2) is 5.34. The highest BCUT2D eigenvalue weighted by molar-refractivity contribution is 5.82. The first-order chi connectivity index (χ1) is 8.72. The van der Waals surface area contributed by atoms with Gasteiger partial charge in [0.05, 0.1) is 11.3 Å². The second-order valence-electron chi connectivity index (χ2n) is 3.67. The minimum absolute atomic E-state index is 0.0377. The molecule has 0 bridgehead atoms. The van der Waals surface area contributed by atoms with E-state index in [2.05, 4.69) is 4.99 Å². The molecule has 18 heavy (non-hydrogen) atoms. The summed E-state index contributed by atoms with van der Waals surface area (Å²) in [6.45, 7) is 0. The Morgan fingerprint density at radius 3 is 2.94 bits per heavy atom. The molecule has 4 heteroatoms. The van der Waals surface area contributed by atoms with Crippen LogP contribution in [0.1, 0.15) is 12.0 Å². The van der Waals surface area contributed by atoms with Crippen LogP contribution in [0.5, 0.6) is 0 Å². The van der Waals surface area contributed by atoms with Gasteiger partial charge < -0.3 is 0 Å². The monoisotopic (exact) mass is 245 g/mol. The van der Waals surface area contributed by atoms with E-state index in [-0.39, 0.29) is 5.56 Å². The average Bonchev–Trinajstić information content (AvgIpc) is 2.41. The Bertz CT molecular complexity index is 608. The van der Waals surface area contributed by atoms with Crippen LogP contribution in [0.25, 0.3) is 0 Å². The van der Waals surface area contributed by atoms with Crippen LogP contribution in [0.2, 0.25) is 0 Å². The Labute approximate surface area is 103 Å². The van der Waals surface area contributed by atoms with Gasteiger partial charge in [-0.05, 0) is 12.1 Å². The summed E-state index contributed by atoms with van der Waals surface area (Å²) in [6.07, 6.45) is 6.80. The molecule has 0 saturated heterocycles. The van der Waals surface area contributed by atoms with Crippen LogP contribution in [0.3, 0.4) is 0 Å². The van der Waals surface area contributed by atoms with Crippen molar-refractivity contribution < 1.29 is 13.6 Å². The maximum atomic E-state index is 13.4. The number of aliphatic imine (C=N–C) groups is 1. The summed E-state index contributed by atoms with van der Waals surface area (Å²) >= 11 is 0. The van der Waals surface area contributed by atoms with Crippen LogP contribution in [0.15, 0.2) is 52.7 Å². The Balaban J connectivity index is 2.31. The maximum Gasteiger partial charge on any atom is 0.167 e. The maximum absolute atomic E-state index is 13.4. The minimum Gasteiger partial charge on any atom is -0.255 e. The van der Waals surface area contributed by atoms with E-state index in [4.69, 9.17) is 0 Å². The van der Waals surface area contributed by atoms with Gasteiger partial charge in [-0.3, -0.25) is 4.99 Å². The van der Waals surface area contributed by atoms with Gasteiger partial charge >= 0.3 is 0 Å². The average molecular weight is 245 g/mol. The highest BCUT2D eigenvalue weighted by Crippen LogP contribution is 2.18. The minimum atomic E-state index is -0.954. The van der Waals surface area contributed by atoms with Gasteiger partial charge in [-0.1, -0.05) is 24.3 Å². The predicted octanol–water partition coefficient (Wildman–Crippen LogP) is 2.99. The number of allylic oxidation sites excluding steroid dienone is 4. The summed E-state index contributed by atoms with van der Waals surface area (Å²) < 4.78 is 26.3. The van der Waals surface area contributed by atoms with Crippen molar-refractivity contribution in [3.63, 3.8) is 0 Å². The summed E-state index contributed by atoms with van der Waals surface area (Å²) in [5.41, 5.74) is 0.845. The van der Waals surface area contributed by atoms with Crippen molar-refractivity contribution in [1.82, 2.24) is 0 Å². The molecule has 0 amide bonds. The third-order valence-corrected chi connectivity index (χ3v) is 2.47. The molecule has 0 spiro atoms. The van der Waals surface area contributed by atoms with Crippen molar-refractivity contribution in [1.29, 1.82) is 0 Å². The van der Waals surface area contributed by atoms with Crippen molar-refractivity contribution >= 4 is 12.2 Å². The van der Waals surface area contributed by atoms with E-state index in [1.54, 1.807) is 24.2 Å². The normalized spacial score (nSPS) is 14.8. The van der Waals surface area contributed by atoms with E-state index in [9.17, 15) is 13.6 Å². The smallest absolute Gasteiger partial charge is 0.167 e. The standard InChI is InChI=1S/C14H9F2NO/c15-12-6-3-5-10(14(12)16)8-17-13-7-2-1-4-11(13)9-18/h1-3,5-8H,4H2. The molecule has 1 aromatic carbocycles. The lowest BCUT2D eigenvalue weighted by molar-refractivity contribution is 0.507. The van der Waals surface area contributed by atoms with Crippen molar-refractivity contribution in [3.8, 4) is 0 Å². The highest BCUT2D eigenvalue weighted by atomic mass is 19.2. The highest BCUT2D eigenvalue weighted by Gasteiger charge is 2.08. The molecule has 0 fully saturated rings. The first kappa shape index (κ1) is 12.1. The zero-order valence-corrected chi connectivity index (χ0v) is 9.36. The zero-order valence-electron chi connectivity index (χ0n) is 9.36. The molecule has 1 aliphatic rings. The van der Waals surface area contributed by atoms with Gasteiger partial charge in [-0.25, -0.2) is 13.6 Å². The van der Waals surface area contributed by atoms with E-state index >= 15 is 0 Å². The first-order valence-electron chi connectivity index (χ1n) is 5.31. The molecule has 1 aliphatic carbocycles. The van der Waals surface area contributed by atoms with Crippen LogP contribution in [-0.4, -0.2) is 12.2 Å². The Kier molecular flexibility index (Phi) is 3.60. The number of hydrogen-bond donors (Lipinski definition) is 0. The number of hydrogen-bond acceptors (Lipinski definition) is 2.